The standard InChI is InChI=1S/C18H23Cl2N/c19-17-7-6-13(8-18(17)20)15-3-1-2-14-10-21(11-16(14)15)9-12-4-5-12/h6-8,12,14-16H,1-5,9-11H2/t14-,15+,16+/m0/s1. The van der Waals surface area contributed by atoms with Gasteiger partial charge in [0.1, 0.15) is 0 Å². The van der Waals surface area contributed by atoms with Crippen molar-refractivity contribution in [2.75, 3.05) is 19.6 Å². The van der Waals surface area contributed by atoms with Crippen LogP contribution in [0.25, 0.3) is 0 Å². The predicted octanol–water partition coefficient (Wildman–Crippen LogP) is 5.22. The molecule has 1 aliphatic heterocycles. The van der Waals surface area contributed by atoms with E-state index in [0.29, 0.717) is 16.0 Å². The number of halogens is 2. The van der Waals surface area contributed by atoms with Gasteiger partial charge in [-0.05, 0) is 67.1 Å². The average molecular weight is 324 g/mol. The van der Waals surface area contributed by atoms with Gasteiger partial charge in [-0.25, -0.2) is 0 Å². The zero-order chi connectivity index (χ0) is 14.4. The van der Waals surface area contributed by atoms with Crippen molar-refractivity contribution in [2.45, 2.75) is 38.0 Å². The Balaban J connectivity index is 1.52. The van der Waals surface area contributed by atoms with Gasteiger partial charge in [-0.1, -0.05) is 35.7 Å². The molecule has 3 heteroatoms. The fourth-order valence-corrected chi connectivity index (χ4v) is 4.84. The molecule has 0 unspecified atom stereocenters. The van der Waals surface area contributed by atoms with E-state index in [1.165, 1.54) is 57.3 Å². The van der Waals surface area contributed by atoms with Crippen molar-refractivity contribution in [1.82, 2.24) is 4.90 Å². The highest BCUT2D eigenvalue weighted by molar-refractivity contribution is 6.42. The number of hydrogen-bond donors (Lipinski definition) is 0. The Morgan fingerprint density at radius 3 is 2.62 bits per heavy atom. The van der Waals surface area contributed by atoms with E-state index in [9.17, 15) is 0 Å². The molecule has 0 amide bonds. The second-order valence-corrected chi connectivity index (χ2v) is 8.11. The molecule has 2 saturated carbocycles. The van der Waals surface area contributed by atoms with Gasteiger partial charge in [0.15, 0.2) is 0 Å². The molecule has 1 aromatic rings. The molecule has 1 nitrogen and oxygen atoms in total. The van der Waals surface area contributed by atoms with Crippen LogP contribution >= 0.6 is 23.2 Å². The number of nitrogens with zero attached hydrogens (tertiary/aromatic N) is 1. The first kappa shape index (κ1) is 14.4. The molecule has 114 valence electrons. The maximum atomic E-state index is 6.24. The molecule has 0 aromatic heterocycles. The number of hydrogen-bond acceptors (Lipinski definition) is 1. The smallest absolute Gasteiger partial charge is 0.0595 e. The molecule has 0 bridgehead atoms. The molecule has 0 radical (unpaired) electrons. The summed E-state index contributed by atoms with van der Waals surface area (Å²) in [5.41, 5.74) is 1.41. The maximum Gasteiger partial charge on any atom is 0.0595 e. The van der Waals surface area contributed by atoms with Crippen LogP contribution < -0.4 is 0 Å². The van der Waals surface area contributed by atoms with Crippen LogP contribution in [0.2, 0.25) is 10.0 Å². The third kappa shape index (κ3) is 2.98. The van der Waals surface area contributed by atoms with Gasteiger partial charge in [0.25, 0.3) is 0 Å². The van der Waals surface area contributed by atoms with Crippen LogP contribution in [0, 0.1) is 17.8 Å². The lowest BCUT2D eigenvalue weighted by Gasteiger charge is -2.33. The first-order valence-corrected chi connectivity index (χ1v) is 9.13. The van der Waals surface area contributed by atoms with Crippen molar-refractivity contribution in [3.05, 3.63) is 33.8 Å². The Hall–Kier alpha value is -0.240. The Morgan fingerprint density at radius 1 is 1.00 bits per heavy atom. The Kier molecular flexibility index (Phi) is 3.94. The van der Waals surface area contributed by atoms with E-state index in [1.807, 2.05) is 6.07 Å². The molecule has 21 heavy (non-hydrogen) atoms. The van der Waals surface area contributed by atoms with Crippen LogP contribution in [0.5, 0.6) is 0 Å². The highest BCUT2D eigenvalue weighted by Crippen LogP contribution is 2.46. The lowest BCUT2D eigenvalue weighted by atomic mass is 9.71. The summed E-state index contributed by atoms with van der Waals surface area (Å²) in [6.07, 6.45) is 7.02. The van der Waals surface area contributed by atoms with Crippen molar-refractivity contribution in [1.29, 1.82) is 0 Å². The number of benzene rings is 1. The summed E-state index contributed by atoms with van der Waals surface area (Å²) in [7, 11) is 0. The summed E-state index contributed by atoms with van der Waals surface area (Å²) < 4.78 is 0. The molecule has 1 aromatic carbocycles. The van der Waals surface area contributed by atoms with Crippen molar-refractivity contribution in [3.63, 3.8) is 0 Å². The summed E-state index contributed by atoms with van der Waals surface area (Å²) in [4.78, 5) is 2.74. The lowest BCUT2D eigenvalue weighted by Crippen LogP contribution is -2.26. The van der Waals surface area contributed by atoms with Crippen LogP contribution in [0.15, 0.2) is 18.2 Å². The van der Waals surface area contributed by atoms with Crippen LogP contribution in [-0.2, 0) is 0 Å². The minimum Gasteiger partial charge on any atom is -0.302 e. The Labute approximate surface area is 137 Å². The van der Waals surface area contributed by atoms with Crippen LogP contribution in [0.1, 0.15) is 43.6 Å². The SMILES string of the molecule is Clc1ccc([C@H]2CCC[C@H]3CN(CC4CC4)C[C@H]32)cc1Cl. The van der Waals surface area contributed by atoms with Crippen LogP contribution in [-0.4, -0.2) is 24.5 Å². The highest BCUT2D eigenvalue weighted by Gasteiger charge is 2.41. The third-order valence-electron chi connectivity index (χ3n) is 5.76. The number of rotatable bonds is 3. The molecule has 2 aliphatic carbocycles. The third-order valence-corrected chi connectivity index (χ3v) is 6.50. The lowest BCUT2D eigenvalue weighted by molar-refractivity contribution is 0.257. The van der Waals surface area contributed by atoms with Gasteiger partial charge in [-0.3, -0.25) is 0 Å². The van der Waals surface area contributed by atoms with E-state index >= 15 is 0 Å². The second-order valence-electron chi connectivity index (χ2n) is 7.30. The van der Waals surface area contributed by atoms with E-state index in [2.05, 4.69) is 17.0 Å². The van der Waals surface area contributed by atoms with Gasteiger partial charge in [-0.15, -0.1) is 0 Å². The molecule has 3 aliphatic rings. The summed E-state index contributed by atoms with van der Waals surface area (Å²) >= 11 is 12.3. The van der Waals surface area contributed by atoms with Crippen LogP contribution in [0.4, 0.5) is 0 Å². The first-order valence-electron chi connectivity index (χ1n) is 8.38. The monoisotopic (exact) mass is 323 g/mol. The zero-order valence-electron chi connectivity index (χ0n) is 12.4. The van der Waals surface area contributed by atoms with Gasteiger partial charge in [0.2, 0.25) is 0 Å². The second kappa shape index (κ2) is 5.76. The quantitative estimate of drug-likeness (QED) is 0.737. The van der Waals surface area contributed by atoms with E-state index in [4.69, 9.17) is 23.2 Å². The summed E-state index contributed by atoms with van der Waals surface area (Å²) in [5, 5.41) is 1.39. The normalized spacial score (nSPS) is 33.1. The van der Waals surface area contributed by atoms with Gasteiger partial charge in [0.05, 0.1) is 10.0 Å². The molecular weight excluding hydrogens is 301 g/mol. The summed E-state index contributed by atoms with van der Waals surface area (Å²) in [6, 6.07) is 6.28. The van der Waals surface area contributed by atoms with Crippen molar-refractivity contribution in [2.24, 2.45) is 17.8 Å². The minimum absolute atomic E-state index is 0.676. The van der Waals surface area contributed by atoms with E-state index < -0.39 is 0 Å². The predicted molar refractivity (Wildman–Crippen MR) is 89.2 cm³/mol. The molecule has 3 atom stereocenters. The van der Waals surface area contributed by atoms with Crippen LogP contribution in [0.3, 0.4) is 0 Å². The molecule has 0 spiro atoms. The van der Waals surface area contributed by atoms with E-state index in [-0.39, 0.29) is 0 Å². The van der Waals surface area contributed by atoms with Crippen molar-refractivity contribution in [3.8, 4) is 0 Å². The summed E-state index contributed by atoms with van der Waals surface area (Å²) in [6.45, 7) is 3.98. The van der Waals surface area contributed by atoms with Gasteiger partial charge in [-0.2, -0.15) is 0 Å². The zero-order valence-corrected chi connectivity index (χ0v) is 13.9. The summed E-state index contributed by atoms with van der Waals surface area (Å²) in [5.74, 6) is 3.42. The minimum atomic E-state index is 0.676. The largest absolute Gasteiger partial charge is 0.302 e. The van der Waals surface area contributed by atoms with Crippen molar-refractivity contribution >= 4 is 23.2 Å². The molecule has 3 fully saturated rings. The van der Waals surface area contributed by atoms with E-state index in [1.54, 1.807) is 0 Å². The highest BCUT2D eigenvalue weighted by atomic mass is 35.5. The number of fused-ring (bicyclic) bond motifs is 1. The van der Waals surface area contributed by atoms with Gasteiger partial charge in [0, 0.05) is 19.6 Å². The van der Waals surface area contributed by atoms with Gasteiger partial charge >= 0.3 is 0 Å². The fourth-order valence-electron chi connectivity index (χ4n) is 4.54. The molecule has 1 saturated heterocycles. The number of likely N-dealkylation sites (tertiary alicyclic amines) is 1. The average Bonchev–Trinajstić information content (AvgIpc) is 3.18. The molecule has 0 N–H and O–H groups in total. The van der Waals surface area contributed by atoms with Gasteiger partial charge < -0.3 is 4.90 Å². The first-order chi connectivity index (χ1) is 10.2. The molecular formula is C18H23Cl2N. The Morgan fingerprint density at radius 2 is 1.86 bits per heavy atom. The van der Waals surface area contributed by atoms with Crippen molar-refractivity contribution < 1.29 is 0 Å². The molecule has 1 heterocycles. The maximum absolute atomic E-state index is 6.24. The topological polar surface area (TPSA) is 3.24 Å². The fraction of sp³-hybridized carbons (Fsp3) is 0.667. The van der Waals surface area contributed by atoms with E-state index in [0.717, 1.165) is 17.8 Å². The Bertz CT molecular complexity index is 526. The molecule has 4 rings (SSSR count).